The first-order valence-electron chi connectivity index (χ1n) is 7.29. The number of nitrogens with two attached hydrogens (primary N) is 1. The van der Waals surface area contributed by atoms with Crippen LogP contribution in [0, 0.1) is 0 Å². The molecule has 1 saturated carbocycles. The second-order valence-corrected chi connectivity index (χ2v) is 5.78. The second kappa shape index (κ2) is 6.39. The quantitative estimate of drug-likeness (QED) is 0.725. The van der Waals surface area contributed by atoms with Gasteiger partial charge in [0, 0.05) is 33.4 Å². The zero-order valence-electron chi connectivity index (χ0n) is 12.6. The summed E-state index contributed by atoms with van der Waals surface area (Å²) in [6.45, 7) is 3.85. The van der Waals surface area contributed by atoms with Crippen LogP contribution in [0.25, 0.3) is 0 Å². The van der Waals surface area contributed by atoms with Gasteiger partial charge in [0.25, 0.3) is 0 Å². The van der Waals surface area contributed by atoms with Crippen LogP contribution in [0.15, 0.2) is 0 Å². The van der Waals surface area contributed by atoms with Crippen LogP contribution in [0.3, 0.4) is 0 Å². The lowest BCUT2D eigenvalue weighted by molar-refractivity contribution is -0.149. The molecule has 20 heavy (non-hydrogen) atoms. The van der Waals surface area contributed by atoms with Gasteiger partial charge in [0.2, 0.25) is 0 Å². The summed E-state index contributed by atoms with van der Waals surface area (Å²) in [5.41, 5.74) is 5.39. The van der Waals surface area contributed by atoms with E-state index in [0.29, 0.717) is 25.5 Å². The molecule has 0 aromatic rings. The molecule has 116 valence electrons. The number of hydrogen-bond donors (Lipinski definition) is 1. The first-order valence-corrected chi connectivity index (χ1v) is 7.29. The van der Waals surface area contributed by atoms with Gasteiger partial charge in [-0.3, -0.25) is 9.69 Å². The Kier molecular flexibility index (Phi) is 5.01. The monoisotopic (exact) mass is 286 g/mol. The van der Waals surface area contributed by atoms with Gasteiger partial charge in [-0.25, -0.2) is 0 Å². The van der Waals surface area contributed by atoms with E-state index in [0.717, 1.165) is 19.5 Å². The standard InChI is InChI=1S/C14H26N2O4/c1-4-20-13(17)14(15)6-5-10(7-14)16-8-11(18-2)12(9-16)19-3/h10-12H,4-9,15H2,1-3H3. The lowest BCUT2D eigenvalue weighted by Gasteiger charge is -2.26. The van der Waals surface area contributed by atoms with Crippen LogP contribution in [0.2, 0.25) is 0 Å². The highest BCUT2D eigenvalue weighted by Crippen LogP contribution is 2.34. The Morgan fingerprint density at radius 3 is 2.40 bits per heavy atom. The van der Waals surface area contributed by atoms with Crippen LogP contribution in [-0.4, -0.2) is 68.6 Å². The highest BCUT2D eigenvalue weighted by Gasteiger charge is 2.47. The molecule has 2 aliphatic rings. The number of carbonyl (C=O) groups excluding carboxylic acids is 1. The Labute approximate surface area is 120 Å². The average Bonchev–Trinajstić information content (AvgIpc) is 3.03. The fourth-order valence-corrected chi connectivity index (χ4v) is 3.34. The van der Waals surface area contributed by atoms with Crippen molar-refractivity contribution in [2.24, 2.45) is 5.73 Å². The maximum absolute atomic E-state index is 12.0. The molecule has 0 aromatic heterocycles. The van der Waals surface area contributed by atoms with Crippen LogP contribution in [0.5, 0.6) is 0 Å². The lowest BCUT2D eigenvalue weighted by atomic mass is 9.99. The Hall–Kier alpha value is -0.690. The van der Waals surface area contributed by atoms with Gasteiger partial charge in [-0.05, 0) is 26.2 Å². The third kappa shape index (κ3) is 2.98. The minimum absolute atomic E-state index is 0.0929. The molecule has 4 atom stereocenters. The van der Waals surface area contributed by atoms with E-state index in [-0.39, 0.29) is 18.2 Å². The molecule has 0 aromatic carbocycles. The predicted octanol–water partition coefficient (Wildman–Crippen LogP) is 0.145. The van der Waals surface area contributed by atoms with Crippen molar-refractivity contribution in [3.05, 3.63) is 0 Å². The molecule has 1 heterocycles. The Morgan fingerprint density at radius 2 is 1.90 bits per heavy atom. The van der Waals surface area contributed by atoms with Crippen molar-refractivity contribution >= 4 is 5.97 Å². The first kappa shape index (κ1) is 15.7. The van der Waals surface area contributed by atoms with Gasteiger partial charge in [0.05, 0.1) is 18.8 Å². The Balaban J connectivity index is 1.95. The molecule has 6 heteroatoms. The van der Waals surface area contributed by atoms with E-state index in [4.69, 9.17) is 19.9 Å². The van der Waals surface area contributed by atoms with E-state index >= 15 is 0 Å². The minimum Gasteiger partial charge on any atom is -0.465 e. The number of carbonyl (C=O) groups is 1. The summed E-state index contributed by atoms with van der Waals surface area (Å²) in [5.74, 6) is -0.270. The fourth-order valence-electron chi connectivity index (χ4n) is 3.34. The van der Waals surface area contributed by atoms with Gasteiger partial charge in [0.15, 0.2) is 0 Å². The molecule has 0 bridgehead atoms. The van der Waals surface area contributed by atoms with E-state index in [2.05, 4.69) is 4.90 Å². The smallest absolute Gasteiger partial charge is 0.326 e. The average molecular weight is 286 g/mol. The van der Waals surface area contributed by atoms with Gasteiger partial charge in [-0.15, -0.1) is 0 Å². The largest absolute Gasteiger partial charge is 0.465 e. The molecule has 2 rings (SSSR count). The van der Waals surface area contributed by atoms with E-state index in [1.807, 2.05) is 0 Å². The zero-order valence-corrected chi connectivity index (χ0v) is 12.6. The van der Waals surface area contributed by atoms with Crippen molar-refractivity contribution in [1.29, 1.82) is 0 Å². The summed E-state index contributed by atoms with van der Waals surface area (Å²) >= 11 is 0. The molecule has 4 unspecified atom stereocenters. The van der Waals surface area contributed by atoms with Gasteiger partial charge < -0.3 is 19.9 Å². The van der Waals surface area contributed by atoms with Crippen molar-refractivity contribution in [1.82, 2.24) is 4.90 Å². The van der Waals surface area contributed by atoms with E-state index in [9.17, 15) is 4.79 Å². The van der Waals surface area contributed by atoms with Gasteiger partial charge in [0.1, 0.15) is 5.54 Å². The third-order valence-electron chi connectivity index (χ3n) is 4.57. The number of methoxy groups -OCH3 is 2. The highest BCUT2D eigenvalue weighted by atomic mass is 16.5. The first-order chi connectivity index (χ1) is 9.54. The predicted molar refractivity (Wildman–Crippen MR) is 74.4 cm³/mol. The summed E-state index contributed by atoms with van der Waals surface area (Å²) < 4.78 is 16.0. The number of ether oxygens (including phenoxy) is 3. The summed E-state index contributed by atoms with van der Waals surface area (Å²) in [7, 11) is 3.42. The van der Waals surface area contributed by atoms with Gasteiger partial charge >= 0.3 is 5.97 Å². The molecular formula is C14H26N2O4. The number of esters is 1. The molecular weight excluding hydrogens is 260 g/mol. The molecule has 2 N–H and O–H groups in total. The lowest BCUT2D eigenvalue weighted by Crippen LogP contribution is -2.48. The van der Waals surface area contributed by atoms with Crippen molar-refractivity contribution < 1.29 is 19.0 Å². The van der Waals surface area contributed by atoms with Crippen LogP contribution in [-0.2, 0) is 19.0 Å². The van der Waals surface area contributed by atoms with Crippen molar-refractivity contribution in [3.8, 4) is 0 Å². The normalized spacial score (nSPS) is 38.3. The van der Waals surface area contributed by atoms with Crippen LogP contribution < -0.4 is 5.73 Å². The number of nitrogens with zero attached hydrogens (tertiary/aromatic N) is 1. The highest BCUT2D eigenvalue weighted by molar-refractivity contribution is 5.81. The SMILES string of the molecule is CCOC(=O)C1(N)CCC(N2CC(OC)C(OC)C2)C1. The van der Waals surface area contributed by atoms with Gasteiger partial charge in [-0.2, -0.15) is 0 Å². The fraction of sp³-hybridized carbons (Fsp3) is 0.929. The second-order valence-electron chi connectivity index (χ2n) is 5.78. The van der Waals surface area contributed by atoms with E-state index in [1.54, 1.807) is 21.1 Å². The number of hydrogen-bond acceptors (Lipinski definition) is 6. The Morgan fingerprint density at radius 1 is 1.30 bits per heavy atom. The molecule has 1 aliphatic carbocycles. The van der Waals surface area contributed by atoms with Crippen LogP contribution >= 0.6 is 0 Å². The Bertz CT molecular complexity index is 340. The van der Waals surface area contributed by atoms with Gasteiger partial charge in [-0.1, -0.05) is 0 Å². The summed E-state index contributed by atoms with van der Waals surface area (Å²) in [5, 5.41) is 0. The van der Waals surface area contributed by atoms with E-state index < -0.39 is 5.54 Å². The van der Waals surface area contributed by atoms with Crippen LogP contribution in [0.4, 0.5) is 0 Å². The number of rotatable bonds is 5. The van der Waals surface area contributed by atoms with Crippen LogP contribution in [0.1, 0.15) is 26.2 Å². The molecule has 0 amide bonds. The maximum atomic E-state index is 12.0. The van der Waals surface area contributed by atoms with E-state index in [1.165, 1.54) is 0 Å². The molecule has 1 aliphatic heterocycles. The molecule has 0 spiro atoms. The molecule has 1 saturated heterocycles. The summed E-state index contributed by atoms with van der Waals surface area (Å²) in [4.78, 5) is 14.3. The summed E-state index contributed by atoms with van der Waals surface area (Å²) in [6.07, 6.45) is 2.44. The zero-order chi connectivity index (χ0) is 14.8. The molecule has 2 fully saturated rings. The topological polar surface area (TPSA) is 74.0 Å². The van der Waals surface area contributed by atoms with Crippen molar-refractivity contribution in [2.75, 3.05) is 33.9 Å². The van der Waals surface area contributed by atoms with Crippen molar-refractivity contribution in [2.45, 2.75) is 50.0 Å². The maximum Gasteiger partial charge on any atom is 0.326 e. The minimum atomic E-state index is -0.825. The third-order valence-corrected chi connectivity index (χ3v) is 4.57. The molecule has 6 nitrogen and oxygen atoms in total. The van der Waals surface area contributed by atoms with Crippen molar-refractivity contribution in [3.63, 3.8) is 0 Å². The number of likely N-dealkylation sites (tertiary alicyclic amines) is 1. The summed E-state index contributed by atoms with van der Waals surface area (Å²) in [6, 6.07) is 0.308. The molecule has 0 radical (unpaired) electrons.